The highest BCUT2D eigenvalue weighted by Gasteiger charge is 2.51. The number of esters is 1. The number of rotatable bonds is 2. The zero-order valence-corrected chi connectivity index (χ0v) is 10.6. The minimum Gasteiger partial charge on any atom is -0.458 e. The van der Waals surface area contributed by atoms with E-state index in [1.165, 1.54) is 0 Å². The van der Waals surface area contributed by atoms with Gasteiger partial charge in [0.2, 0.25) is 0 Å². The van der Waals surface area contributed by atoms with Crippen LogP contribution in [-0.4, -0.2) is 30.4 Å². The molecule has 2 heterocycles. The normalized spacial score (nSPS) is 41.2. The lowest BCUT2D eigenvalue weighted by Crippen LogP contribution is -2.45. The fourth-order valence-electron chi connectivity index (χ4n) is 3.63. The van der Waals surface area contributed by atoms with Crippen LogP contribution in [-0.2, 0) is 19.0 Å². The molecule has 4 rings (SSSR count). The zero-order chi connectivity index (χ0) is 12.7. The molecule has 0 aromatic carbocycles. The molecule has 6 heteroatoms. The van der Waals surface area contributed by atoms with E-state index in [0.29, 0.717) is 5.92 Å². The first kappa shape index (κ1) is 12.1. The third-order valence-electron chi connectivity index (χ3n) is 4.24. The quantitative estimate of drug-likeness (QED) is 0.570. The van der Waals surface area contributed by atoms with E-state index >= 15 is 0 Å². The van der Waals surface area contributed by atoms with Gasteiger partial charge in [-0.05, 0) is 31.6 Å². The first-order chi connectivity index (χ1) is 8.67. The van der Waals surface area contributed by atoms with Crippen molar-refractivity contribution in [2.45, 2.75) is 37.9 Å². The Morgan fingerprint density at radius 3 is 2.94 bits per heavy atom. The van der Waals surface area contributed by atoms with Crippen molar-refractivity contribution >= 4 is 23.7 Å². The van der Waals surface area contributed by atoms with Crippen LogP contribution in [0.25, 0.3) is 0 Å². The van der Waals surface area contributed by atoms with Crippen LogP contribution in [0.4, 0.5) is 4.79 Å². The van der Waals surface area contributed by atoms with E-state index in [1.807, 2.05) is 0 Å². The van der Waals surface area contributed by atoms with Gasteiger partial charge in [-0.1, -0.05) is 11.6 Å². The Kier molecular flexibility index (Phi) is 3.09. The smallest absolute Gasteiger partial charge is 0.458 e. The molecule has 4 bridgehead atoms. The van der Waals surface area contributed by atoms with Crippen LogP contribution >= 0.6 is 11.6 Å². The largest absolute Gasteiger partial charge is 0.509 e. The van der Waals surface area contributed by atoms with Crippen molar-refractivity contribution in [3.05, 3.63) is 0 Å². The van der Waals surface area contributed by atoms with E-state index < -0.39 is 6.16 Å². The maximum absolute atomic E-state index is 11.8. The first-order valence-electron chi connectivity index (χ1n) is 6.27. The summed E-state index contributed by atoms with van der Waals surface area (Å²) in [4.78, 5) is 23.2. The monoisotopic (exact) mass is 274 g/mol. The van der Waals surface area contributed by atoms with Gasteiger partial charge in [0.15, 0.2) is 6.07 Å². The molecule has 5 atom stereocenters. The SMILES string of the molecule is O=C(OCCl)OC1C2CC3CC(C2)C(=O)OC1C3. The van der Waals surface area contributed by atoms with Gasteiger partial charge >= 0.3 is 12.1 Å². The fraction of sp³-hybridized carbons (Fsp3) is 0.833. The van der Waals surface area contributed by atoms with E-state index in [4.69, 9.17) is 21.1 Å². The predicted octanol–water partition coefficient (Wildman–Crippen LogP) is 2.07. The highest BCUT2D eigenvalue weighted by molar-refractivity contribution is 6.17. The Morgan fingerprint density at radius 2 is 2.17 bits per heavy atom. The molecule has 0 radical (unpaired) electrons. The van der Waals surface area contributed by atoms with Gasteiger partial charge in [-0.15, -0.1) is 0 Å². The lowest BCUT2D eigenvalue weighted by Gasteiger charge is -2.40. The van der Waals surface area contributed by atoms with Gasteiger partial charge in [0.25, 0.3) is 0 Å². The third-order valence-corrected chi connectivity index (χ3v) is 4.35. The number of fused-ring (bicyclic) bond motifs is 1. The van der Waals surface area contributed by atoms with Crippen LogP contribution in [0.15, 0.2) is 0 Å². The average Bonchev–Trinajstić information content (AvgIpc) is 2.48. The van der Waals surface area contributed by atoms with E-state index in [-0.39, 0.29) is 36.1 Å². The number of alkyl halides is 1. The molecule has 18 heavy (non-hydrogen) atoms. The van der Waals surface area contributed by atoms with Gasteiger partial charge in [-0.25, -0.2) is 4.79 Å². The summed E-state index contributed by atoms with van der Waals surface area (Å²) in [6, 6.07) is -0.230. The van der Waals surface area contributed by atoms with Crippen molar-refractivity contribution in [2.24, 2.45) is 17.8 Å². The molecule has 0 spiro atoms. The maximum atomic E-state index is 11.8. The fourth-order valence-corrected chi connectivity index (χ4v) is 3.72. The molecule has 0 N–H and O–H groups in total. The summed E-state index contributed by atoms with van der Waals surface area (Å²) >= 11 is 5.31. The van der Waals surface area contributed by atoms with Gasteiger partial charge in [0, 0.05) is 5.92 Å². The summed E-state index contributed by atoms with van der Waals surface area (Å²) in [7, 11) is 0. The Labute approximate surface area is 110 Å². The molecular formula is C12H15ClO5. The molecule has 4 fully saturated rings. The summed E-state index contributed by atoms with van der Waals surface area (Å²) in [5.41, 5.74) is 0. The second kappa shape index (κ2) is 4.61. The molecule has 0 amide bonds. The highest BCUT2D eigenvalue weighted by Crippen LogP contribution is 2.48. The Balaban J connectivity index is 1.75. The van der Waals surface area contributed by atoms with Crippen molar-refractivity contribution in [3.63, 3.8) is 0 Å². The molecule has 2 saturated heterocycles. The van der Waals surface area contributed by atoms with Crippen molar-refractivity contribution < 1.29 is 23.8 Å². The van der Waals surface area contributed by atoms with Crippen molar-refractivity contribution in [1.82, 2.24) is 0 Å². The third kappa shape index (κ3) is 2.05. The first-order valence-corrected chi connectivity index (χ1v) is 6.80. The van der Waals surface area contributed by atoms with Gasteiger partial charge in [0.1, 0.15) is 12.2 Å². The molecule has 2 aliphatic heterocycles. The molecule has 0 aromatic rings. The van der Waals surface area contributed by atoms with Crippen LogP contribution < -0.4 is 0 Å². The van der Waals surface area contributed by atoms with Gasteiger partial charge in [-0.3, -0.25) is 4.79 Å². The Bertz CT molecular complexity index is 371. The molecule has 5 nitrogen and oxygen atoms in total. The number of hydrogen-bond acceptors (Lipinski definition) is 5. The summed E-state index contributed by atoms with van der Waals surface area (Å²) in [5.74, 6) is 0.580. The highest BCUT2D eigenvalue weighted by atomic mass is 35.5. The summed E-state index contributed by atoms with van der Waals surface area (Å²) in [6.45, 7) is 0. The molecule has 2 saturated carbocycles. The van der Waals surface area contributed by atoms with E-state index in [1.54, 1.807) is 0 Å². The average molecular weight is 275 g/mol. The second-order valence-electron chi connectivity index (χ2n) is 5.33. The lowest BCUT2D eigenvalue weighted by molar-refractivity contribution is -0.157. The molecule has 100 valence electrons. The Morgan fingerprint density at radius 1 is 1.33 bits per heavy atom. The van der Waals surface area contributed by atoms with E-state index in [9.17, 15) is 9.59 Å². The van der Waals surface area contributed by atoms with Crippen LogP contribution in [0, 0.1) is 17.8 Å². The van der Waals surface area contributed by atoms with Gasteiger partial charge in [-0.2, -0.15) is 0 Å². The molecule has 4 aliphatic rings. The lowest BCUT2D eigenvalue weighted by atomic mass is 9.67. The molecule has 2 aliphatic carbocycles. The van der Waals surface area contributed by atoms with Crippen LogP contribution in [0.3, 0.4) is 0 Å². The molecule has 5 unspecified atom stereocenters. The van der Waals surface area contributed by atoms with Crippen molar-refractivity contribution in [3.8, 4) is 0 Å². The maximum Gasteiger partial charge on any atom is 0.509 e. The second-order valence-corrected chi connectivity index (χ2v) is 5.55. The minimum absolute atomic E-state index is 0.0172. The number of carbonyl (C=O) groups is 2. The van der Waals surface area contributed by atoms with E-state index in [2.05, 4.69) is 4.74 Å². The summed E-state index contributed by atoms with van der Waals surface area (Å²) < 4.78 is 15.3. The minimum atomic E-state index is -0.779. The zero-order valence-electron chi connectivity index (χ0n) is 9.84. The number of halogens is 1. The number of carbonyl (C=O) groups excluding carboxylic acids is 2. The van der Waals surface area contributed by atoms with Crippen molar-refractivity contribution in [1.29, 1.82) is 0 Å². The predicted molar refractivity (Wildman–Crippen MR) is 60.9 cm³/mol. The van der Waals surface area contributed by atoms with Crippen LogP contribution in [0.2, 0.25) is 0 Å². The van der Waals surface area contributed by atoms with Gasteiger partial charge < -0.3 is 14.2 Å². The summed E-state index contributed by atoms with van der Waals surface area (Å²) in [5, 5.41) is 0. The van der Waals surface area contributed by atoms with E-state index in [0.717, 1.165) is 25.7 Å². The number of ether oxygens (including phenoxy) is 3. The Hall–Kier alpha value is -0.970. The van der Waals surface area contributed by atoms with Crippen LogP contribution in [0.1, 0.15) is 25.7 Å². The summed E-state index contributed by atoms with van der Waals surface area (Å²) in [6.07, 6.45) is 2.01. The van der Waals surface area contributed by atoms with Crippen molar-refractivity contribution in [2.75, 3.05) is 6.07 Å². The van der Waals surface area contributed by atoms with Crippen LogP contribution in [0.5, 0.6) is 0 Å². The molecule has 0 aromatic heterocycles. The topological polar surface area (TPSA) is 61.8 Å². The standard InChI is InChI=1S/C12H15ClO5/c13-5-16-12(15)18-10-7-1-6-2-8(4-7)11(14)17-9(10)3-6/h6-10H,1-5H2. The number of hydrogen-bond donors (Lipinski definition) is 0. The van der Waals surface area contributed by atoms with Gasteiger partial charge in [0.05, 0.1) is 5.92 Å². The molecular weight excluding hydrogens is 260 g/mol.